The molecule has 5 atom stereocenters. The molecule has 0 saturated carbocycles. The highest BCUT2D eigenvalue weighted by atomic mass is 16.1. The quantitative estimate of drug-likeness (QED) is 0.841. The molecule has 0 fully saturated rings. The zero-order chi connectivity index (χ0) is 20.7. The fourth-order valence-corrected chi connectivity index (χ4v) is 4.91. The monoisotopic (exact) mass is 399 g/mol. The summed E-state index contributed by atoms with van der Waals surface area (Å²) in [6.45, 7) is 4.26. The first kappa shape index (κ1) is 18.7. The van der Waals surface area contributed by atoms with Crippen LogP contribution in [0, 0.1) is 11.8 Å². The second kappa shape index (κ2) is 7.52. The van der Waals surface area contributed by atoms with Crippen molar-refractivity contribution in [1.82, 2.24) is 15.3 Å². The van der Waals surface area contributed by atoms with Crippen LogP contribution in [0.25, 0.3) is 5.57 Å². The van der Waals surface area contributed by atoms with Gasteiger partial charge < -0.3 is 5.32 Å². The maximum absolute atomic E-state index is 12.8. The molecule has 1 aromatic carbocycles. The zero-order valence-electron chi connectivity index (χ0n) is 17.1. The number of hydrogen-bond donors (Lipinski definition) is 1. The highest BCUT2D eigenvalue weighted by Gasteiger charge is 2.44. The fraction of sp³-hybridized carbons (Fsp3) is 0.333. The van der Waals surface area contributed by atoms with Crippen molar-refractivity contribution < 1.29 is 4.79 Å². The van der Waals surface area contributed by atoms with Crippen molar-refractivity contribution >= 4 is 23.4 Å². The van der Waals surface area contributed by atoms with Crippen LogP contribution >= 0.6 is 0 Å². The van der Waals surface area contributed by atoms with Crippen LogP contribution in [-0.2, 0) is 4.79 Å². The Kier molecular flexibility index (Phi) is 4.69. The van der Waals surface area contributed by atoms with Crippen molar-refractivity contribution in [2.75, 3.05) is 0 Å². The van der Waals surface area contributed by atoms with Gasteiger partial charge >= 0.3 is 0 Å². The summed E-state index contributed by atoms with van der Waals surface area (Å²) in [7, 11) is 0. The maximum atomic E-state index is 12.8. The number of carbonyl (C=O) groups excluding carboxylic acids is 1. The van der Waals surface area contributed by atoms with Gasteiger partial charge in [-0.05, 0) is 29.7 Å². The molecule has 0 radical (unpaired) electrons. The smallest absolute Gasteiger partial charge is 0.226 e. The summed E-state index contributed by atoms with van der Waals surface area (Å²) in [5.41, 5.74) is 4.28. The van der Waals surface area contributed by atoms with Gasteiger partial charge in [-0.25, -0.2) is 5.01 Å². The van der Waals surface area contributed by atoms with E-state index in [9.17, 15) is 4.79 Å². The summed E-state index contributed by atoms with van der Waals surface area (Å²) in [6.07, 6.45) is 7.87. The van der Waals surface area contributed by atoms with Gasteiger partial charge in [0.05, 0.1) is 12.3 Å². The number of carbonyl (C=O) groups is 1. The highest BCUT2D eigenvalue weighted by Crippen LogP contribution is 2.39. The molecule has 152 valence electrons. The van der Waals surface area contributed by atoms with Gasteiger partial charge in [-0.2, -0.15) is 5.10 Å². The molecule has 0 spiro atoms. The lowest BCUT2D eigenvalue weighted by atomic mass is 9.80. The van der Waals surface area contributed by atoms with Crippen LogP contribution in [0.2, 0.25) is 0 Å². The van der Waals surface area contributed by atoms with E-state index in [0.717, 1.165) is 22.4 Å². The van der Waals surface area contributed by atoms with Gasteiger partial charge in [0, 0.05) is 36.2 Å². The van der Waals surface area contributed by atoms with Crippen LogP contribution in [0.4, 0.5) is 0 Å². The topological polar surface area (TPSA) is 70.0 Å². The number of pyridine rings is 1. The molecule has 0 aliphatic carbocycles. The van der Waals surface area contributed by atoms with E-state index in [0.29, 0.717) is 6.42 Å². The lowest BCUT2D eigenvalue weighted by Crippen LogP contribution is -2.59. The van der Waals surface area contributed by atoms with Gasteiger partial charge in [-0.3, -0.25) is 14.8 Å². The Labute approximate surface area is 176 Å². The summed E-state index contributed by atoms with van der Waals surface area (Å²) >= 11 is 0. The third-order valence-corrected chi connectivity index (χ3v) is 6.29. The van der Waals surface area contributed by atoms with Crippen LogP contribution in [0.15, 0.2) is 71.0 Å². The minimum atomic E-state index is -0.228. The fourth-order valence-electron chi connectivity index (χ4n) is 4.91. The van der Waals surface area contributed by atoms with Crippen LogP contribution in [0.1, 0.15) is 37.3 Å². The van der Waals surface area contributed by atoms with Gasteiger partial charge in [0.15, 0.2) is 0 Å². The average molecular weight is 399 g/mol. The normalized spacial score (nSPS) is 30.4. The lowest BCUT2D eigenvalue weighted by Gasteiger charge is -2.47. The van der Waals surface area contributed by atoms with Gasteiger partial charge in [0.1, 0.15) is 12.3 Å². The first-order chi connectivity index (χ1) is 14.6. The molecule has 1 amide bonds. The first-order valence-corrected chi connectivity index (χ1v) is 10.4. The number of aromatic nitrogens is 1. The van der Waals surface area contributed by atoms with E-state index in [2.05, 4.69) is 36.3 Å². The van der Waals surface area contributed by atoms with E-state index in [1.807, 2.05) is 53.8 Å². The predicted octanol–water partition coefficient (Wildman–Crippen LogP) is 3.45. The number of fused-ring (bicyclic) bond motifs is 3. The molecule has 3 aliphatic rings. The lowest BCUT2D eigenvalue weighted by molar-refractivity contribution is -0.122. The number of aliphatic imine (C=N–C) groups is 1. The molecule has 1 aromatic heterocycles. The standard InChI is InChI=1S/C24H25N5O/c1-15-22(18-9-6-10-25-13-18)16(2)28-29-23(15)26-14-20-11-19(12-21(30)27-24(20)29)17-7-4-3-5-8-17/h3-11,13-15,20,22-24H,12H2,1-2H3,(H,27,30). The summed E-state index contributed by atoms with van der Waals surface area (Å²) in [5.74, 6) is 0.357. The Morgan fingerprint density at radius 1 is 1.13 bits per heavy atom. The van der Waals surface area contributed by atoms with Crippen molar-refractivity contribution in [2.45, 2.75) is 38.5 Å². The Morgan fingerprint density at radius 2 is 1.97 bits per heavy atom. The number of hydrogen-bond acceptors (Lipinski definition) is 5. The predicted molar refractivity (Wildman–Crippen MR) is 118 cm³/mol. The van der Waals surface area contributed by atoms with E-state index < -0.39 is 0 Å². The Bertz CT molecular complexity index is 1030. The summed E-state index contributed by atoms with van der Waals surface area (Å²) < 4.78 is 0. The second-order valence-corrected chi connectivity index (χ2v) is 8.28. The van der Waals surface area contributed by atoms with Gasteiger partial charge in [-0.15, -0.1) is 0 Å². The Hall–Kier alpha value is -3.28. The number of nitrogens with one attached hydrogen (secondary N) is 1. The zero-order valence-corrected chi connectivity index (χ0v) is 17.1. The number of nitrogens with zero attached hydrogens (tertiary/aromatic N) is 4. The summed E-state index contributed by atoms with van der Waals surface area (Å²) in [5, 5.41) is 10.1. The molecular weight excluding hydrogens is 374 g/mol. The molecular formula is C24H25N5O. The molecule has 5 unspecified atom stereocenters. The summed E-state index contributed by atoms with van der Waals surface area (Å²) in [4.78, 5) is 22.0. The number of rotatable bonds is 2. The van der Waals surface area contributed by atoms with Crippen LogP contribution in [0.5, 0.6) is 0 Å². The van der Waals surface area contributed by atoms with Crippen molar-refractivity contribution in [1.29, 1.82) is 0 Å². The molecule has 6 nitrogen and oxygen atoms in total. The third kappa shape index (κ3) is 3.22. The molecule has 6 heteroatoms. The average Bonchev–Trinajstić information content (AvgIpc) is 2.93. The number of benzene rings is 1. The Morgan fingerprint density at radius 3 is 2.73 bits per heavy atom. The second-order valence-electron chi connectivity index (χ2n) is 8.28. The van der Waals surface area contributed by atoms with E-state index in [1.165, 1.54) is 0 Å². The molecule has 1 N–H and O–H groups in total. The molecule has 5 rings (SSSR count). The number of hydrazone groups is 1. The maximum Gasteiger partial charge on any atom is 0.226 e. The molecule has 0 saturated heterocycles. The van der Waals surface area contributed by atoms with Crippen molar-refractivity contribution in [3.05, 3.63) is 72.1 Å². The summed E-state index contributed by atoms with van der Waals surface area (Å²) in [6, 6.07) is 14.1. The first-order valence-electron chi connectivity index (χ1n) is 10.4. The molecule has 0 bridgehead atoms. The van der Waals surface area contributed by atoms with Gasteiger partial charge in [0.2, 0.25) is 5.91 Å². The van der Waals surface area contributed by atoms with Crippen LogP contribution < -0.4 is 5.32 Å². The molecule has 4 heterocycles. The van der Waals surface area contributed by atoms with Crippen LogP contribution in [0.3, 0.4) is 0 Å². The minimum absolute atomic E-state index is 0.0153. The molecule has 30 heavy (non-hydrogen) atoms. The van der Waals surface area contributed by atoms with E-state index in [-0.39, 0.29) is 36.0 Å². The van der Waals surface area contributed by atoms with E-state index >= 15 is 0 Å². The molecule has 2 aromatic rings. The Balaban J connectivity index is 1.51. The van der Waals surface area contributed by atoms with Crippen molar-refractivity contribution in [3.63, 3.8) is 0 Å². The van der Waals surface area contributed by atoms with Gasteiger partial charge in [0.25, 0.3) is 0 Å². The van der Waals surface area contributed by atoms with Crippen LogP contribution in [-0.4, -0.2) is 40.2 Å². The largest absolute Gasteiger partial charge is 0.333 e. The van der Waals surface area contributed by atoms with Crippen molar-refractivity contribution in [3.8, 4) is 0 Å². The third-order valence-electron chi connectivity index (χ3n) is 6.29. The number of amides is 1. The molecule has 3 aliphatic heterocycles. The van der Waals surface area contributed by atoms with Crippen molar-refractivity contribution in [2.24, 2.45) is 21.9 Å². The van der Waals surface area contributed by atoms with Gasteiger partial charge in [-0.1, -0.05) is 49.4 Å². The minimum Gasteiger partial charge on any atom is -0.333 e. The van der Waals surface area contributed by atoms with E-state index in [4.69, 9.17) is 10.1 Å². The highest BCUT2D eigenvalue weighted by molar-refractivity contribution is 5.92. The SMILES string of the molecule is CC1=NN2C(N=CC3C=C(c4ccccc4)CC(=O)NC32)C(C)C1c1cccnc1. The van der Waals surface area contributed by atoms with E-state index in [1.54, 1.807) is 6.20 Å².